The highest BCUT2D eigenvalue weighted by Crippen LogP contribution is 2.30. The molecule has 2 heteroatoms. The summed E-state index contributed by atoms with van der Waals surface area (Å²) in [6.07, 6.45) is 9.46. The van der Waals surface area contributed by atoms with E-state index >= 15 is 0 Å². The van der Waals surface area contributed by atoms with Crippen LogP contribution in [-0.4, -0.2) is 35.7 Å². The summed E-state index contributed by atoms with van der Waals surface area (Å²) >= 11 is 0. The molecule has 1 aliphatic carbocycles. The number of rotatable bonds is 2. The molecule has 1 saturated carbocycles. The summed E-state index contributed by atoms with van der Waals surface area (Å²) in [7, 11) is 0. The van der Waals surface area contributed by atoms with E-state index in [1.165, 1.54) is 58.0 Å². The molecule has 0 unspecified atom stereocenters. The molecule has 16 heavy (non-hydrogen) atoms. The molecule has 0 spiro atoms. The third-order valence-electron chi connectivity index (χ3n) is 3.96. The van der Waals surface area contributed by atoms with Crippen LogP contribution in [0.25, 0.3) is 0 Å². The third-order valence-corrected chi connectivity index (χ3v) is 3.96. The molecule has 1 saturated heterocycles. The maximum Gasteiger partial charge on any atom is 0.104 e. The zero-order chi connectivity index (χ0) is 11.2. The van der Waals surface area contributed by atoms with Crippen LogP contribution in [0.15, 0.2) is 0 Å². The molecule has 1 heterocycles. The van der Waals surface area contributed by atoms with E-state index in [0.29, 0.717) is 6.04 Å². The second kappa shape index (κ2) is 6.27. The van der Waals surface area contributed by atoms with Gasteiger partial charge in [0, 0.05) is 0 Å². The first kappa shape index (κ1) is 12.0. The van der Waals surface area contributed by atoms with Crippen molar-refractivity contribution >= 4 is 0 Å². The lowest BCUT2D eigenvalue weighted by atomic mass is 9.83. The van der Waals surface area contributed by atoms with E-state index in [2.05, 4.69) is 16.7 Å². The van der Waals surface area contributed by atoms with Crippen molar-refractivity contribution in [3.05, 3.63) is 0 Å². The van der Waals surface area contributed by atoms with Crippen LogP contribution in [0.4, 0.5) is 0 Å². The van der Waals surface area contributed by atoms with Crippen LogP contribution in [-0.2, 0) is 0 Å². The maximum absolute atomic E-state index is 8.86. The molecule has 0 radical (unpaired) electrons. The molecule has 0 aromatic rings. The first-order valence-corrected chi connectivity index (χ1v) is 6.75. The number of likely N-dealkylation sites (tertiary alicyclic amines) is 1. The van der Waals surface area contributed by atoms with Gasteiger partial charge < -0.3 is 5.11 Å². The molecule has 1 atom stereocenters. The Balaban J connectivity index is 2.00. The Kier molecular flexibility index (Phi) is 4.69. The monoisotopic (exact) mass is 221 g/mol. The average molecular weight is 221 g/mol. The first-order chi connectivity index (χ1) is 7.92. The Morgan fingerprint density at radius 2 is 1.75 bits per heavy atom. The number of nitrogens with zero attached hydrogens (tertiary/aromatic N) is 1. The smallest absolute Gasteiger partial charge is 0.104 e. The van der Waals surface area contributed by atoms with Crippen molar-refractivity contribution in [3.63, 3.8) is 0 Å². The van der Waals surface area contributed by atoms with Gasteiger partial charge in [0.2, 0.25) is 0 Å². The van der Waals surface area contributed by atoms with Crippen molar-refractivity contribution in [3.8, 4) is 11.8 Å². The van der Waals surface area contributed by atoms with Gasteiger partial charge in [-0.25, -0.2) is 0 Å². The van der Waals surface area contributed by atoms with Crippen LogP contribution in [0.2, 0.25) is 0 Å². The molecule has 0 bridgehead atoms. The van der Waals surface area contributed by atoms with Gasteiger partial charge in [-0.3, -0.25) is 4.90 Å². The molecule has 2 nitrogen and oxygen atoms in total. The summed E-state index contributed by atoms with van der Waals surface area (Å²) in [5, 5.41) is 8.86. The first-order valence-electron chi connectivity index (χ1n) is 6.75. The third kappa shape index (κ3) is 2.99. The van der Waals surface area contributed by atoms with Crippen molar-refractivity contribution in [1.82, 2.24) is 4.90 Å². The highest BCUT2D eigenvalue weighted by molar-refractivity contribution is 5.11. The quantitative estimate of drug-likeness (QED) is 0.721. The Labute approximate surface area is 99.0 Å². The SMILES string of the molecule is OCC#C[C@H](C1CCCCC1)N1CCCC1. The van der Waals surface area contributed by atoms with Gasteiger partial charge in [0.25, 0.3) is 0 Å². The van der Waals surface area contributed by atoms with Crippen LogP contribution in [0.3, 0.4) is 0 Å². The van der Waals surface area contributed by atoms with Crippen LogP contribution in [0.1, 0.15) is 44.9 Å². The normalized spacial score (nSPS) is 25.1. The lowest BCUT2D eigenvalue weighted by molar-refractivity contribution is 0.185. The van der Waals surface area contributed by atoms with E-state index in [1.54, 1.807) is 0 Å². The molecular weight excluding hydrogens is 198 g/mol. The van der Waals surface area contributed by atoms with Gasteiger partial charge in [0.05, 0.1) is 6.04 Å². The van der Waals surface area contributed by atoms with Gasteiger partial charge in [-0.05, 0) is 44.7 Å². The van der Waals surface area contributed by atoms with Gasteiger partial charge in [-0.15, -0.1) is 0 Å². The highest BCUT2D eigenvalue weighted by Gasteiger charge is 2.28. The average Bonchev–Trinajstić information content (AvgIpc) is 2.85. The standard InChI is InChI=1S/C14H23NO/c16-12-6-9-14(15-10-4-5-11-15)13-7-2-1-3-8-13/h13-14,16H,1-5,7-8,10-12H2/t14-/m1/s1. The van der Waals surface area contributed by atoms with Gasteiger partial charge in [-0.1, -0.05) is 31.1 Å². The van der Waals surface area contributed by atoms with Crippen molar-refractivity contribution in [1.29, 1.82) is 0 Å². The van der Waals surface area contributed by atoms with E-state index in [0.717, 1.165) is 5.92 Å². The fourth-order valence-electron chi connectivity index (χ4n) is 3.13. The van der Waals surface area contributed by atoms with Gasteiger partial charge in [0.15, 0.2) is 0 Å². The second-order valence-electron chi connectivity index (χ2n) is 5.07. The number of hydrogen-bond acceptors (Lipinski definition) is 2. The lowest BCUT2D eigenvalue weighted by Crippen LogP contribution is -2.38. The summed E-state index contributed by atoms with van der Waals surface area (Å²) in [5.41, 5.74) is 0. The molecule has 0 aromatic heterocycles. The minimum Gasteiger partial charge on any atom is -0.384 e. The van der Waals surface area contributed by atoms with E-state index < -0.39 is 0 Å². The molecule has 0 amide bonds. The predicted octanol–water partition coefficient (Wildman–Crippen LogP) is 2.03. The lowest BCUT2D eigenvalue weighted by Gasteiger charge is -2.33. The van der Waals surface area contributed by atoms with Crippen LogP contribution in [0.5, 0.6) is 0 Å². The zero-order valence-electron chi connectivity index (χ0n) is 10.1. The highest BCUT2D eigenvalue weighted by atomic mass is 16.2. The maximum atomic E-state index is 8.86. The molecular formula is C14H23NO. The fourth-order valence-corrected chi connectivity index (χ4v) is 3.13. The summed E-state index contributed by atoms with van der Waals surface area (Å²) in [6, 6.07) is 0.426. The minimum absolute atomic E-state index is 0.0110. The van der Waals surface area contributed by atoms with Crippen LogP contribution < -0.4 is 0 Å². The Morgan fingerprint density at radius 3 is 2.38 bits per heavy atom. The van der Waals surface area contributed by atoms with E-state index in [4.69, 9.17) is 5.11 Å². The molecule has 0 aromatic carbocycles. The molecule has 2 rings (SSSR count). The largest absolute Gasteiger partial charge is 0.384 e. The molecule has 90 valence electrons. The summed E-state index contributed by atoms with van der Waals surface area (Å²) in [6.45, 7) is 2.43. The van der Waals surface area contributed by atoms with E-state index in [9.17, 15) is 0 Å². The Bertz CT molecular complexity index is 254. The van der Waals surface area contributed by atoms with E-state index in [-0.39, 0.29) is 6.61 Å². The number of aliphatic hydroxyl groups is 1. The van der Waals surface area contributed by atoms with Crippen molar-refractivity contribution in [2.75, 3.05) is 19.7 Å². The minimum atomic E-state index is 0.0110. The fraction of sp³-hybridized carbons (Fsp3) is 0.857. The predicted molar refractivity (Wildman–Crippen MR) is 66.0 cm³/mol. The molecule has 2 fully saturated rings. The molecule has 2 aliphatic rings. The number of aliphatic hydroxyl groups excluding tert-OH is 1. The van der Waals surface area contributed by atoms with Crippen LogP contribution >= 0.6 is 0 Å². The summed E-state index contributed by atoms with van der Waals surface area (Å²) < 4.78 is 0. The van der Waals surface area contributed by atoms with Gasteiger partial charge in [0.1, 0.15) is 6.61 Å². The van der Waals surface area contributed by atoms with Gasteiger partial charge >= 0.3 is 0 Å². The van der Waals surface area contributed by atoms with Gasteiger partial charge in [-0.2, -0.15) is 0 Å². The van der Waals surface area contributed by atoms with E-state index in [1.807, 2.05) is 0 Å². The Hall–Kier alpha value is -0.520. The van der Waals surface area contributed by atoms with Crippen LogP contribution in [0, 0.1) is 17.8 Å². The van der Waals surface area contributed by atoms with Crippen molar-refractivity contribution in [2.45, 2.75) is 51.0 Å². The van der Waals surface area contributed by atoms with Crippen molar-refractivity contribution < 1.29 is 5.11 Å². The molecule has 1 aliphatic heterocycles. The Morgan fingerprint density at radius 1 is 1.06 bits per heavy atom. The molecule has 1 N–H and O–H groups in total. The topological polar surface area (TPSA) is 23.5 Å². The van der Waals surface area contributed by atoms with Crippen molar-refractivity contribution in [2.24, 2.45) is 5.92 Å². The number of hydrogen-bond donors (Lipinski definition) is 1. The second-order valence-corrected chi connectivity index (χ2v) is 5.07. The summed E-state index contributed by atoms with van der Waals surface area (Å²) in [4.78, 5) is 2.54. The summed E-state index contributed by atoms with van der Waals surface area (Å²) in [5.74, 6) is 6.95. The zero-order valence-corrected chi connectivity index (χ0v) is 10.1.